The quantitative estimate of drug-likeness (QED) is 0.0198. The molecule has 2 unspecified atom stereocenters. The standard InChI is InChI=1S/C52H93NO7/c1-6-8-10-12-14-16-18-20-21-22-23-24-25-26-27-28-29-31-33-35-37-39-41-43-51(55)60-48(46-58-45-44-49(52(56)57)53(3,4)5)47-59-50(54)42-40-38-36-34-32-30-19-17-15-13-11-9-7-2/h9,11,13,15,17,19,26-27,48-49H,6-8,10,12,14,16,18,20-25,28-47H2,1-5H3/b11-9+,15-13+,19-17+,27-26+. The van der Waals surface area contributed by atoms with Crippen molar-refractivity contribution in [1.82, 2.24) is 0 Å². The zero-order valence-electron chi connectivity index (χ0n) is 39.6. The van der Waals surface area contributed by atoms with Crippen LogP contribution in [0.5, 0.6) is 0 Å². The van der Waals surface area contributed by atoms with Gasteiger partial charge in [-0.1, -0.05) is 184 Å². The van der Waals surface area contributed by atoms with Crippen molar-refractivity contribution in [3.63, 3.8) is 0 Å². The second kappa shape index (κ2) is 43.0. The summed E-state index contributed by atoms with van der Waals surface area (Å²) >= 11 is 0. The molecule has 0 aromatic carbocycles. The van der Waals surface area contributed by atoms with Crippen molar-refractivity contribution in [2.45, 2.75) is 225 Å². The normalized spacial score (nSPS) is 13.3. The summed E-state index contributed by atoms with van der Waals surface area (Å²) in [7, 11) is 5.40. The molecule has 0 heterocycles. The maximum absolute atomic E-state index is 12.8. The number of likely N-dealkylation sites (N-methyl/N-ethyl adjacent to an activating group) is 1. The van der Waals surface area contributed by atoms with Crippen molar-refractivity contribution in [1.29, 1.82) is 0 Å². The Morgan fingerprint density at radius 1 is 0.517 bits per heavy atom. The summed E-state index contributed by atoms with van der Waals surface area (Å²) in [6.45, 7) is 4.52. The number of unbranched alkanes of at least 4 members (excludes halogenated alkanes) is 24. The molecule has 8 heteroatoms. The fourth-order valence-electron chi connectivity index (χ4n) is 7.18. The van der Waals surface area contributed by atoms with Crippen molar-refractivity contribution in [2.75, 3.05) is 41.0 Å². The Labute approximate surface area is 369 Å². The zero-order chi connectivity index (χ0) is 44.2. The molecule has 0 radical (unpaired) electrons. The fourth-order valence-corrected chi connectivity index (χ4v) is 7.18. The Morgan fingerprint density at radius 3 is 1.42 bits per heavy atom. The van der Waals surface area contributed by atoms with Gasteiger partial charge < -0.3 is 28.6 Å². The van der Waals surface area contributed by atoms with Crippen LogP contribution in [-0.2, 0) is 28.6 Å². The van der Waals surface area contributed by atoms with Crippen molar-refractivity contribution in [3.05, 3.63) is 48.6 Å². The Balaban J connectivity index is 4.23. The number of esters is 2. The number of carbonyl (C=O) groups excluding carboxylic acids is 3. The lowest BCUT2D eigenvalue weighted by atomic mass is 10.0. The van der Waals surface area contributed by atoms with Gasteiger partial charge in [-0.25, -0.2) is 0 Å². The molecule has 0 fully saturated rings. The van der Waals surface area contributed by atoms with Crippen LogP contribution in [0.15, 0.2) is 48.6 Å². The summed E-state index contributed by atoms with van der Waals surface area (Å²) in [6, 6.07) is -0.731. The van der Waals surface area contributed by atoms with Crippen LogP contribution in [-0.4, -0.2) is 75.5 Å². The number of nitrogens with zero attached hydrogens (tertiary/aromatic N) is 1. The molecule has 0 rings (SSSR count). The van der Waals surface area contributed by atoms with Gasteiger partial charge in [-0.05, 0) is 57.8 Å². The van der Waals surface area contributed by atoms with Crippen LogP contribution < -0.4 is 5.11 Å². The number of carboxylic acids is 1. The second-order valence-corrected chi connectivity index (χ2v) is 17.7. The van der Waals surface area contributed by atoms with E-state index in [2.05, 4.69) is 56.4 Å². The molecule has 0 saturated heterocycles. The Hall–Kier alpha value is -2.71. The molecule has 0 N–H and O–H groups in total. The largest absolute Gasteiger partial charge is 0.544 e. The number of carbonyl (C=O) groups is 3. The number of quaternary nitrogens is 1. The molecule has 348 valence electrons. The van der Waals surface area contributed by atoms with Gasteiger partial charge in [0.25, 0.3) is 0 Å². The van der Waals surface area contributed by atoms with Crippen molar-refractivity contribution in [3.8, 4) is 0 Å². The Morgan fingerprint density at radius 2 is 0.950 bits per heavy atom. The molecule has 2 atom stereocenters. The summed E-state index contributed by atoms with van der Waals surface area (Å²) in [5.41, 5.74) is 0. The SMILES string of the molecule is CC/C=C/C=C/C=C/CCCCCCCC(=O)OCC(COCCC(C(=O)[O-])[N+](C)(C)C)OC(=O)CCCCCCCCC/C=C/CCCCCCCCCCCCCC. The molecular formula is C52H93NO7. The molecule has 0 amide bonds. The number of rotatable bonds is 44. The number of ether oxygens (including phenoxy) is 3. The fraction of sp³-hybridized carbons (Fsp3) is 0.788. The molecule has 0 bridgehead atoms. The minimum Gasteiger partial charge on any atom is -0.544 e. The maximum atomic E-state index is 12.8. The topological polar surface area (TPSA) is 102 Å². The summed E-state index contributed by atoms with van der Waals surface area (Å²) in [6.07, 6.45) is 51.5. The van der Waals surface area contributed by atoms with E-state index >= 15 is 0 Å². The maximum Gasteiger partial charge on any atom is 0.306 e. The first-order chi connectivity index (χ1) is 29.1. The van der Waals surface area contributed by atoms with Crippen LogP contribution >= 0.6 is 0 Å². The van der Waals surface area contributed by atoms with E-state index in [1.807, 2.05) is 6.08 Å². The van der Waals surface area contributed by atoms with Crippen molar-refractivity contribution >= 4 is 17.9 Å². The van der Waals surface area contributed by atoms with Gasteiger partial charge in [0.2, 0.25) is 0 Å². The van der Waals surface area contributed by atoms with Crippen LogP contribution in [0.4, 0.5) is 0 Å². The Bertz CT molecular complexity index is 1120. The first-order valence-electron chi connectivity index (χ1n) is 24.7. The molecule has 0 spiro atoms. The van der Waals surface area contributed by atoms with Crippen LogP contribution in [0.1, 0.15) is 213 Å². The smallest absolute Gasteiger partial charge is 0.306 e. The van der Waals surface area contributed by atoms with Gasteiger partial charge in [0, 0.05) is 19.3 Å². The lowest BCUT2D eigenvalue weighted by Crippen LogP contribution is -2.55. The monoisotopic (exact) mass is 844 g/mol. The summed E-state index contributed by atoms with van der Waals surface area (Å²) in [5, 5.41) is 11.6. The molecule has 0 aliphatic rings. The third kappa shape index (κ3) is 40.7. The molecule has 60 heavy (non-hydrogen) atoms. The highest BCUT2D eigenvalue weighted by Crippen LogP contribution is 2.15. The molecule has 0 saturated carbocycles. The molecule has 0 aliphatic carbocycles. The summed E-state index contributed by atoms with van der Waals surface area (Å²) < 4.78 is 17.2. The minimum absolute atomic E-state index is 0.0319. The van der Waals surface area contributed by atoms with Gasteiger partial charge in [-0.2, -0.15) is 0 Å². The molecule has 0 aromatic heterocycles. The molecule has 8 nitrogen and oxygen atoms in total. The lowest BCUT2D eigenvalue weighted by molar-refractivity contribution is -0.889. The van der Waals surface area contributed by atoms with Crippen LogP contribution in [0.25, 0.3) is 0 Å². The molecular weight excluding hydrogens is 751 g/mol. The highest BCUT2D eigenvalue weighted by molar-refractivity contribution is 5.70. The highest BCUT2D eigenvalue weighted by Gasteiger charge is 2.25. The predicted octanol–water partition coefficient (Wildman–Crippen LogP) is 12.6. The summed E-state index contributed by atoms with van der Waals surface area (Å²) in [5.74, 6) is -1.76. The molecule has 0 aromatic rings. The van der Waals surface area contributed by atoms with E-state index in [1.165, 1.54) is 116 Å². The highest BCUT2D eigenvalue weighted by atomic mass is 16.6. The van der Waals surface area contributed by atoms with E-state index in [0.717, 1.165) is 64.2 Å². The first-order valence-corrected chi connectivity index (χ1v) is 24.7. The second-order valence-electron chi connectivity index (χ2n) is 17.7. The third-order valence-electron chi connectivity index (χ3n) is 11.0. The van der Waals surface area contributed by atoms with Crippen molar-refractivity contribution in [2.24, 2.45) is 0 Å². The van der Waals surface area contributed by atoms with E-state index in [0.29, 0.717) is 12.8 Å². The lowest BCUT2D eigenvalue weighted by Gasteiger charge is -2.34. The van der Waals surface area contributed by atoms with Crippen LogP contribution in [0.2, 0.25) is 0 Å². The van der Waals surface area contributed by atoms with Gasteiger partial charge >= 0.3 is 11.9 Å². The first kappa shape index (κ1) is 57.3. The van der Waals surface area contributed by atoms with Gasteiger partial charge in [-0.15, -0.1) is 0 Å². The van der Waals surface area contributed by atoms with Gasteiger partial charge in [-0.3, -0.25) is 9.59 Å². The predicted molar refractivity (Wildman–Crippen MR) is 250 cm³/mol. The number of hydrogen-bond acceptors (Lipinski definition) is 7. The van der Waals surface area contributed by atoms with Crippen molar-refractivity contribution < 1.29 is 38.2 Å². The van der Waals surface area contributed by atoms with E-state index in [-0.39, 0.29) is 42.7 Å². The van der Waals surface area contributed by atoms with Gasteiger partial charge in [0.15, 0.2) is 6.10 Å². The van der Waals surface area contributed by atoms with Gasteiger partial charge in [0.1, 0.15) is 12.6 Å². The summed E-state index contributed by atoms with van der Waals surface area (Å²) in [4.78, 5) is 36.9. The van der Waals surface area contributed by atoms with Crippen LogP contribution in [0.3, 0.4) is 0 Å². The zero-order valence-corrected chi connectivity index (χ0v) is 39.6. The third-order valence-corrected chi connectivity index (χ3v) is 11.0. The number of hydrogen-bond donors (Lipinski definition) is 0. The van der Waals surface area contributed by atoms with E-state index < -0.39 is 18.1 Å². The van der Waals surface area contributed by atoms with E-state index in [9.17, 15) is 19.5 Å². The number of allylic oxidation sites excluding steroid dienone is 8. The van der Waals surface area contributed by atoms with Gasteiger partial charge in [0.05, 0.1) is 40.3 Å². The van der Waals surface area contributed by atoms with Crippen LogP contribution in [0, 0.1) is 0 Å². The minimum atomic E-state index is -1.13. The Kier molecular flexibility index (Phi) is 41.0. The van der Waals surface area contributed by atoms with E-state index in [4.69, 9.17) is 14.2 Å². The average Bonchev–Trinajstić information content (AvgIpc) is 3.21. The number of aliphatic carboxylic acids is 1. The molecule has 0 aliphatic heterocycles. The average molecular weight is 844 g/mol. The number of carboxylic acid groups (broad SMARTS) is 1. The van der Waals surface area contributed by atoms with E-state index in [1.54, 1.807) is 21.1 Å².